The number of amides is 2. The van der Waals surface area contributed by atoms with E-state index < -0.39 is 0 Å². The summed E-state index contributed by atoms with van der Waals surface area (Å²) in [5, 5.41) is 3.48. The van der Waals surface area contributed by atoms with Gasteiger partial charge in [0.1, 0.15) is 0 Å². The lowest BCUT2D eigenvalue weighted by Crippen LogP contribution is -2.35. The van der Waals surface area contributed by atoms with Crippen LogP contribution in [0.2, 0.25) is 5.02 Å². The van der Waals surface area contributed by atoms with E-state index in [-0.39, 0.29) is 11.8 Å². The Balaban J connectivity index is 1.76. The molecule has 1 N–H and O–H groups in total. The monoisotopic (exact) mass is 312 g/mol. The van der Waals surface area contributed by atoms with Gasteiger partial charge in [-0.1, -0.05) is 23.7 Å². The van der Waals surface area contributed by atoms with Gasteiger partial charge in [-0.3, -0.25) is 9.59 Å². The zero-order chi connectivity index (χ0) is 14.4. The van der Waals surface area contributed by atoms with Crippen molar-refractivity contribution in [2.24, 2.45) is 0 Å². The fraction of sp³-hybridized carbons (Fsp3) is 0.429. The maximum Gasteiger partial charge on any atom is 0.232 e. The lowest BCUT2D eigenvalue weighted by atomic mass is 10.2. The van der Waals surface area contributed by atoms with Gasteiger partial charge in [0.15, 0.2) is 0 Å². The molecule has 4 nitrogen and oxygen atoms in total. The molecule has 6 heteroatoms. The van der Waals surface area contributed by atoms with E-state index in [1.165, 1.54) is 0 Å². The van der Waals surface area contributed by atoms with Gasteiger partial charge in [-0.15, -0.1) is 11.8 Å². The number of nitrogens with one attached hydrogen (secondary N) is 1. The third kappa shape index (κ3) is 4.72. The molecule has 1 fully saturated rings. The zero-order valence-corrected chi connectivity index (χ0v) is 12.7. The fourth-order valence-electron chi connectivity index (χ4n) is 1.99. The first-order chi connectivity index (χ1) is 9.65. The van der Waals surface area contributed by atoms with Crippen LogP contribution in [0.1, 0.15) is 12.0 Å². The first kappa shape index (κ1) is 15.2. The molecule has 1 aromatic rings. The number of hydrogen-bond donors (Lipinski definition) is 1. The summed E-state index contributed by atoms with van der Waals surface area (Å²) in [6.45, 7) is 1.66. The quantitative estimate of drug-likeness (QED) is 0.924. The van der Waals surface area contributed by atoms with Crippen LogP contribution in [0.15, 0.2) is 24.3 Å². The molecule has 1 heterocycles. The van der Waals surface area contributed by atoms with Gasteiger partial charge < -0.3 is 10.2 Å². The molecule has 1 aromatic carbocycles. The molecule has 0 atom stereocenters. The van der Waals surface area contributed by atoms with E-state index in [1.807, 2.05) is 24.3 Å². The highest BCUT2D eigenvalue weighted by Crippen LogP contribution is 2.17. The van der Waals surface area contributed by atoms with Crippen LogP contribution < -0.4 is 5.32 Å². The molecule has 0 spiro atoms. The third-order valence-electron chi connectivity index (χ3n) is 3.05. The highest BCUT2D eigenvalue weighted by Gasteiger charge is 2.17. The van der Waals surface area contributed by atoms with Gasteiger partial charge in [-0.25, -0.2) is 0 Å². The summed E-state index contributed by atoms with van der Waals surface area (Å²) in [5.41, 5.74) is 1.11. The number of carbonyl (C=O) groups is 2. The second-order valence-electron chi connectivity index (χ2n) is 4.60. The summed E-state index contributed by atoms with van der Waals surface area (Å²) in [5.74, 6) is 1.30. The van der Waals surface area contributed by atoms with Crippen LogP contribution in [0.4, 0.5) is 0 Å². The minimum atomic E-state index is 0.0203. The molecule has 1 saturated heterocycles. The molecule has 0 radical (unpaired) electrons. The standard InChI is InChI=1S/C14H17ClN2O2S/c15-12-3-1-2-11(8-12)9-20-10-14(19)17-6-4-13(18)16-5-7-17/h1-3,8H,4-7,9-10H2,(H,16,18). The number of benzene rings is 1. The first-order valence-electron chi connectivity index (χ1n) is 6.52. The third-order valence-corrected chi connectivity index (χ3v) is 4.27. The number of carbonyl (C=O) groups excluding carboxylic acids is 2. The van der Waals surface area contributed by atoms with E-state index in [9.17, 15) is 9.59 Å². The normalized spacial score (nSPS) is 15.7. The molecule has 0 saturated carbocycles. The Labute approximate surface area is 127 Å². The topological polar surface area (TPSA) is 49.4 Å². The van der Waals surface area contributed by atoms with Crippen molar-refractivity contribution in [2.45, 2.75) is 12.2 Å². The molecule has 2 rings (SSSR count). The van der Waals surface area contributed by atoms with Crippen molar-refractivity contribution in [1.29, 1.82) is 0 Å². The lowest BCUT2D eigenvalue weighted by Gasteiger charge is -2.19. The predicted octanol–water partition coefficient (Wildman–Crippen LogP) is 1.92. The SMILES string of the molecule is O=C1CCN(C(=O)CSCc2cccc(Cl)c2)CCN1. The lowest BCUT2D eigenvalue weighted by molar-refractivity contribution is -0.128. The summed E-state index contributed by atoms with van der Waals surface area (Å²) < 4.78 is 0. The van der Waals surface area contributed by atoms with Crippen molar-refractivity contribution in [3.05, 3.63) is 34.9 Å². The van der Waals surface area contributed by atoms with Crippen LogP contribution in [0.5, 0.6) is 0 Å². The van der Waals surface area contributed by atoms with E-state index in [4.69, 9.17) is 11.6 Å². The number of rotatable bonds is 4. The smallest absolute Gasteiger partial charge is 0.232 e. The zero-order valence-electron chi connectivity index (χ0n) is 11.1. The summed E-state index contributed by atoms with van der Waals surface area (Å²) in [6, 6.07) is 7.65. The molecular weight excluding hydrogens is 296 g/mol. The van der Waals surface area contributed by atoms with Crippen LogP contribution in [0.25, 0.3) is 0 Å². The Kier molecular flexibility index (Phi) is 5.73. The van der Waals surface area contributed by atoms with E-state index >= 15 is 0 Å². The number of halogens is 1. The predicted molar refractivity (Wildman–Crippen MR) is 81.8 cm³/mol. The molecule has 1 aliphatic heterocycles. The van der Waals surface area contributed by atoms with Crippen molar-refractivity contribution in [2.75, 3.05) is 25.4 Å². The van der Waals surface area contributed by atoms with Crippen molar-refractivity contribution < 1.29 is 9.59 Å². The number of thioether (sulfide) groups is 1. The summed E-state index contributed by atoms with van der Waals surface area (Å²) in [7, 11) is 0. The summed E-state index contributed by atoms with van der Waals surface area (Å²) in [4.78, 5) is 25.0. The van der Waals surface area contributed by atoms with E-state index in [0.717, 1.165) is 11.3 Å². The summed E-state index contributed by atoms with van der Waals surface area (Å²) >= 11 is 7.49. The van der Waals surface area contributed by atoms with Gasteiger partial charge in [-0.05, 0) is 17.7 Å². The van der Waals surface area contributed by atoms with Gasteiger partial charge in [-0.2, -0.15) is 0 Å². The van der Waals surface area contributed by atoms with Crippen molar-refractivity contribution >= 4 is 35.2 Å². The van der Waals surface area contributed by atoms with Crippen LogP contribution in [-0.2, 0) is 15.3 Å². The van der Waals surface area contributed by atoms with Gasteiger partial charge in [0.25, 0.3) is 0 Å². The van der Waals surface area contributed by atoms with Gasteiger partial charge >= 0.3 is 0 Å². The maximum atomic E-state index is 12.1. The van der Waals surface area contributed by atoms with Gasteiger partial charge in [0.05, 0.1) is 5.75 Å². The molecule has 1 aliphatic rings. The van der Waals surface area contributed by atoms with Crippen LogP contribution in [0.3, 0.4) is 0 Å². The van der Waals surface area contributed by atoms with Crippen LogP contribution >= 0.6 is 23.4 Å². The number of nitrogens with zero attached hydrogens (tertiary/aromatic N) is 1. The molecule has 0 aliphatic carbocycles. The van der Waals surface area contributed by atoms with Gasteiger partial charge in [0.2, 0.25) is 11.8 Å². The molecular formula is C14H17ClN2O2S. The molecule has 0 aromatic heterocycles. The van der Waals surface area contributed by atoms with Crippen molar-refractivity contribution in [1.82, 2.24) is 10.2 Å². The molecule has 20 heavy (non-hydrogen) atoms. The molecule has 0 bridgehead atoms. The van der Waals surface area contributed by atoms with Gasteiger partial charge in [0, 0.05) is 36.8 Å². The van der Waals surface area contributed by atoms with Crippen LogP contribution in [0, 0.1) is 0 Å². The largest absolute Gasteiger partial charge is 0.354 e. The second-order valence-corrected chi connectivity index (χ2v) is 6.03. The Morgan fingerprint density at radius 3 is 3.05 bits per heavy atom. The average molecular weight is 313 g/mol. The van der Waals surface area contributed by atoms with Crippen LogP contribution in [-0.4, -0.2) is 42.1 Å². The summed E-state index contributed by atoms with van der Waals surface area (Å²) in [6.07, 6.45) is 0.394. The average Bonchev–Trinajstić information content (AvgIpc) is 2.63. The Morgan fingerprint density at radius 1 is 1.40 bits per heavy atom. The van der Waals surface area contributed by atoms with E-state index in [1.54, 1.807) is 16.7 Å². The highest BCUT2D eigenvalue weighted by atomic mass is 35.5. The molecule has 0 unspecified atom stereocenters. The molecule has 2 amide bonds. The number of hydrogen-bond acceptors (Lipinski definition) is 3. The Bertz CT molecular complexity index is 496. The first-order valence-corrected chi connectivity index (χ1v) is 8.05. The minimum absolute atomic E-state index is 0.0203. The minimum Gasteiger partial charge on any atom is -0.354 e. The second kappa shape index (κ2) is 7.55. The van der Waals surface area contributed by atoms with Crippen molar-refractivity contribution in [3.63, 3.8) is 0 Å². The highest BCUT2D eigenvalue weighted by molar-refractivity contribution is 7.99. The van der Waals surface area contributed by atoms with E-state index in [0.29, 0.717) is 36.8 Å². The fourth-order valence-corrected chi connectivity index (χ4v) is 3.08. The van der Waals surface area contributed by atoms with E-state index in [2.05, 4.69) is 5.32 Å². The Morgan fingerprint density at radius 2 is 2.25 bits per heavy atom. The maximum absolute atomic E-state index is 12.1. The Hall–Kier alpha value is -1.20. The molecule has 108 valence electrons. The van der Waals surface area contributed by atoms with Crippen molar-refractivity contribution in [3.8, 4) is 0 Å².